The van der Waals surface area contributed by atoms with Gasteiger partial charge in [0.1, 0.15) is 0 Å². The second-order valence-electron chi connectivity index (χ2n) is 4.18. The molecule has 1 aromatic carbocycles. The van der Waals surface area contributed by atoms with Gasteiger partial charge in [0.15, 0.2) is 5.79 Å². The molecule has 1 fully saturated rings. The van der Waals surface area contributed by atoms with Gasteiger partial charge in [-0.1, -0.05) is 24.3 Å². The first-order valence-corrected chi connectivity index (χ1v) is 5.43. The molecule has 2 heterocycles. The zero-order valence-electron chi connectivity index (χ0n) is 8.66. The minimum atomic E-state index is -0.376. The average Bonchev–Trinajstić information content (AvgIpc) is 2.65. The van der Waals surface area contributed by atoms with Crippen LogP contribution in [0.2, 0.25) is 0 Å². The fourth-order valence-electron chi connectivity index (χ4n) is 2.19. The lowest BCUT2D eigenvalue weighted by Crippen LogP contribution is -2.36. The van der Waals surface area contributed by atoms with E-state index in [1.165, 1.54) is 11.1 Å². The number of hydrogen-bond donors (Lipinski definition) is 1. The number of benzene rings is 1. The van der Waals surface area contributed by atoms with Gasteiger partial charge in [-0.2, -0.15) is 0 Å². The van der Waals surface area contributed by atoms with Crippen LogP contribution in [0.1, 0.15) is 17.5 Å². The molecule has 0 saturated carbocycles. The number of ether oxygens (including phenoxy) is 2. The van der Waals surface area contributed by atoms with E-state index in [9.17, 15) is 0 Å². The van der Waals surface area contributed by atoms with Gasteiger partial charge in [-0.15, -0.1) is 0 Å². The van der Waals surface area contributed by atoms with Gasteiger partial charge in [0.05, 0.1) is 13.2 Å². The lowest BCUT2D eigenvalue weighted by Gasteiger charge is -2.26. The zero-order chi connectivity index (χ0) is 10.1. The monoisotopic (exact) mass is 205 g/mol. The minimum absolute atomic E-state index is 0.376. The number of nitrogens with one attached hydrogen (secondary N) is 1. The van der Waals surface area contributed by atoms with Crippen molar-refractivity contribution in [3.63, 3.8) is 0 Å². The van der Waals surface area contributed by atoms with E-state index in [1.807, 2.05) is 12.1 Å². The summed E-state index contributed by atoms with van der Waals surface area (Å²) in [5, 5.41) is 3.29. The summed E-state index contributed by atoms with van der Waals surface area (Å²) in [4.78, 5) is 0. The van der Waals surface area contributed by atoms with E-state index in [2.05, 4.69) is 17.4 Å². The van der Waals surface area contributed by atoms with Crippen molar-refractivity contribution in [3.05, 3.63) is 35.4 Å². The molecule has 2 aliphatic heterocycles. The first-order valence-electron chi connectivity index (χ1n) is 5.43. The summed E-state index contributed by atoms with van der Waals surface area (Å²) in [6.07, 6.45) is 0.945. The van der Waals surface area contributed by atoms with Crippen LogP contribution in [0.4, 0.5) is 0 Å². The van der Waals surface area contributed by atoms with Crippen LogP contribution in [0.15, 0.2) is 24.3 Å². The molecule has 1 aromatic rings. The maximum absolute atomic E-state index is 5.89. The van der Waals surface area contributed by atoms with E-state index < -0.39 is 0 Å². The predicted octanol–water partition coefficient (Wildman–Crippen LogP) is 1.42. The molecule has 15 heavy (non-hydrogen) atoms. The maximum Gasteiger partial charge on any atom is 0.182 e. The molecule has 1 saturated heterocycles. The average molecular weight is 205 g/mol. The number of fused-ring (bicyclic) bond motifs is 1. The Morgan fingerprint density at radius 2 is 1.73 bits per heavy atom. The minimum Gasteiger partial charge on any atom is -0.344 e. The van der Waals surface area contributed by atoms with E-state index in [4.69, 9.17) is 9.47 Å². The fourth-order valence-corrected chi connectivity index (χ4v) is 2.19. The summed E-state index contributed by atoms with van der Waals surface area (Å²) >= 11 is 0. The Labute approximate surface area is 89.4 Å². The smallest absolute Gasteiger partial charge is 0.182 e. The van der Waals surface area contributed by atoms with Gasteiger partial charge in [-0.25, -0.2) is 0 Å². The number of rotatable bonds is 0. The first-order chi connectivity index (χ1) is 7.38. The quantitative estimate of drug-likeness (QED) is 0.695. The van der Waals surface area contributed by atoms with Crippen molar-refractivity contribution in [1.82, 2.24) is 5.32 Å². The Bertz CT molecular complexity index is 329. The first kappa shape index (κ1) is 9.33. The molecule has 3 heteroatoms. The van der Waals surface area contributed by atoms with Crippen LogP contribution in [0.5, 0.6) is 0 Å². The van der Waals surface area contributed by atoms with Crippen LogP contribution in [0, 0.1) is 0 Å². The summed E-state index contributed by atoms with van der Waals surface area (Å²) in [5.41, 5.74) is 2.50. The van der Waals surface area contributed by atoms with Crippen molar-refractivity contribution in [2.75, 3.05) is 13.1 Å². The van der Waals surface area contributed by atoms with Gasteiger partial charge < -0.3 is 14.8 Å². The summed E-state index contributed by atoms with van der Waals surface area (Å²) in [5.74, 6) is -0.376. The van der Waals surface area contributed by atoms with Crippen LogP contribution in [0.25, 0.3) is 0 Å². The highest BCUT2D eigenvalue weighted by Gasteiger charge is 2.37. The Morgan fingerprint density at radius 1 is 1.07 bits per heavy atom. The van der Waals surface area contributed by atoms with Crippen molar-refractivity contribution < 1.29 is 9.47 Å². The van der Waals surface area contributed by atoms with E-state index in [-0.39, 0.29) is 5.79 Å². The highest BCUT2D eigenvalue weighted by Crippen LogP contribution is 2.29. The molecule has 1 spiro atoms. The highest BCUT2D eigenvalue weighted by atomic mass is 16.7. The molecule has 0 radical (unpaired) electrons. The van der Waals surface area contributed by atoms with Crippen molar-refractivity contribution >= 4 is 0 Å². The number of hydrogen-bond acceptors (Lipinski definition) is 3. The van der Waals surface area contributed by atoms with Crippen molar-refractivity contribution in [1.29, 1.82) is 0 Å². The van der Waals surface area contributed by atoms with Gasteiger partial charge in [0.2, 0.25) is 0 Å². The van der Waals surface area contributed by atoms with Crippen molar-refractivity contribution in [2.24, 2.45) is 0 Å². The molecule has 1 N–H and O–H groups in total. The second-order valence-corrected chi connectivity index (χ2v) is 4.18. The van der Waals surface area contributed by atoms with Gasteiger partial charge in [0.25, 0.3) is 0 Å². The van der Waals surface area contributed by atoms with Crippen LogP contribution in [-0.2, 0) is 22.7 Å². The Balaban J connectivity index is 1.85. The Hall–Kier alpha value is -0.900. The van der Waals surface area contributed by atoms with Crippen LogP contribution < -0.4 is 5.32 Å². The molecule has 3 rings (SSSR count). The van der Waals surface area contributed by atoms with Crippen LogP contribution in [-0.4, -0.2) is 18.9 Å². The molecule has 0 amide bonds. The van der Waals surface area contributed by atoms with Gasteiger partial charge in [-0.3, -0.25) is 0 Å². The molecular formula is C12H15NO2. The molecule has 80 valence electrons. The standard InChI is InChI=1S/C12H15NO2/c1-2-4-11-8-15-12(5-6-13-9-12)14-7-10(11)3-1/h1-4,13H,5-9H2. The summed E-state index contributed by atoms with van der Waals surface area (Å²) in [6.45, 7) is 3.12. The van der Waals surface area contributed by atoms with Crippen molar-refractivity contribution in [2.45, 2.75) is 25.4 Å². The van der Waals surface area contributed by atoms with Crippen LogP contribution >= 0.6 is 0 Å². The van der Waals surface area contributed by atoms with E-state index >= 15 is 0 Å². The van der Waals surface area contributed by atoms with E-state index in [0.717, 1.165) is 19.5 Å². The molecule has 0 aliphatic carbocycles. The fraction of sp³-hybridized carbons (Fsp3) is 0.500. The normalized spacial score (nSPS) is 23.7. The van der Waals surface area contributed by atoms with Gasteiger partial charge in [-0.05, 0) is 11.1 Å². The van der Waals surface area contributed by atoms with E-state index in [1.54, 1.807) is 0 Å². The summed E-state index contributed by atoms with van der Waals surface area (Å²) in [6, 6.07) is 8.32. The molecule has 0 bridgehead atoms. The van der Waals surface area contributed by atoms with E-state index in [0.29, 0.717) is 13.2 Å². The SMILES string of the molecule is c1ccc2c(c1)COC1(CCNC1)OC2. The summed E-state index contributed by atoms with van der Waals surface area (Å²) in [7, 11) is 0. The van der Waals surface area contributed by atoms with Gasteiger partial charge >= 0.3 is 0 Å². The third kappa shape index (κ3) is 1.67. The molecule has 0 unspecified atom stereocenters. The van der Waals surface area contributed by atoms with Crippen molar-refractivity contribution in [3.8, 4) is 0 Å². The Morgan fingerprint density at radius 3 is 2.27 bits per heavy atom. The highest BCUT2D eigenvalue weighted by molar-refractivity contribution is 5.26. The second kappa shape index (κ2) is 3.59. The molecular weight excluding hydrogens is 190 g/mol. The summed E-state index contributed by atoms with van der Waals surface area (Å²) < 4.78 is 11.8. The Kier molecular flexibility index (Phi) is 2.24. The molecule has 2 aliphatic rings. The molecule has 0 aromatic heterocycles. The van der Waals surface area contributed by atoms with Crippen LogP contribution in [0.3, 0.4) is 0 Å². The third-order valence-electron chi connectivity index (χ3n) is 3.18. The largest absolute Gasteiger partial charge is 0.344 e. The molecule has 3 nitrogen and oxygen atoms in total. The lowest BCUT2D eigenvalue weighted by atomic mass is 10.1. The predicted molar refractivity (Wildman–Crippen MR) is 56.2 cm³/mol. The zero-order valence-corrected chi connectivity index (χ0v) is 8.66. The topological polar surface area (TPSA) is 30.5 Å². The third-order valence-corrected chi connectivity index (χ3v) is 3.18. The van der Waals surface area contributed by atoms with Gasteiger partial charge in [0, 0.05) is 19.5 Å². The lowest BCUT2D eigenvalue weighted by molar-refractivity contribution is -0.230. The maximum atomic E-state index is 5.89. The molecule has 0 atom stereocenters.